The molecule has 0 spiro atoms. The van der Waals surface area contributed by atoms with Crippen LogP contribution in [0.15, 0.2) is 12.2 Å². The fraction of sp³-hybridized carbons (Fsp3) is 0.884. The van der Waals surface area contributed by atoms with E-state index in [-0.39, 0.29) is 57.6 Å². The number of unbranched alkanes of at least 4 members (excludes halogenated alkanes) is 17. The molecule has 0 radical (unpaired) electrons. The predicted molar refractivity (Wildman–Crippen MR) is 222 cm³/mol. The summed E-state index contributed by atoms with van der Waals surface area (Å²) in [4.78, 5) is 47.9. The molecular formula is C43H80NO12P. The second-order valence-corrected chi connectivity index (χ2v) is 17.3. The van der Waals surface area contributed by atoms with Crippen LogP contribution < -0.4 is 5.73 Å². The van der Waals surface area contributed by atoms with Crippen molar-refractivity contribution in [2.75, 3.05) is 26.4 Å². The average molecular weight is 834 g/mol. The number of phosphoric ester groups is 1. The maximum atomic E-state index is 12.8. The van der Waals surface area contributed by atoms with Crippen LogP contribution in [0.25, 0.3) is 0 Å². The predicted octanol–water partition coefficient (Wildman–Crippen LogP) is 8.17. The zero-order chi connectivity index (χ0) is 42.2. The summed E-state index contributed by atoms with van der Waals surface area (Å²) in [6, 6.07) is 0. The quantitative estimate of drug-likeness (QED) is 0.0172. The van der Waals surface area contributed by atoms with Crippen LogP contribution >= 0.6 is 7.82 Å². The lowest BCUT2D eigenvalue weighted by atomic mass is 9.87. The number of ketones is 1. The van der Waals surface area contributed by atoms with E-state index < -0.39 is 62.6 Å². The molecule has 0 aromatic rings. The van der Waals surface area contributed by atoms with Gasteiger partial charge in [-0.25, -0.2) is 4.57 Å². The average Bonchev–Trinajstić information content (AvgIpc) is 3.44. The Bertz CT molecular complexity index is 1120. The number of carbonyl (C=O) groups excluding carboxylic acids is 3. The van der Waals surface area contributed by atoms with Gasteiger partial charge in [0.15, 0.2) is 6.10 Å². The van der Waals surface area contributed by atoms with Crippen molar-refractivity contribution in [1.82, 2.24) is 0 Å². The standard InChI is InChI=1S/C43H80NO12P/c1-3-5-7-8-9-10-11-12-13-14-15-16-17-18-20-25-42(49)53-33-37(34-55-57(51,52)54-30-29-44)56-43(50)26-22-21-24-36(46)31-39-38(40(47)32-41(39)48)28-27-35(45)23-19-6-4-2/h27-28,35,37-41,45,47-48H,3-26,29-34,44H2,1-2H3,(H,51,52)/b28-27+/t35-,37+,38+,39+,40+,41-/m0/s1. The van der Waals surface area contributed by atoms with Gasteiger partial charge in [0.25, 0.3) is 0 Å². The summed E-state index contributed by atoms with van der Waals surface area (Å²) < 4.78 is 32.7. The number of carbonyl (C=O) groups is 3. The highest BCUT2D eigenvalue weighted by atomic mass is 31.2. The van der Waals surface area contributed by atoms with Gasteiger partial charge in [0.2, 0.25) is 0 Å². The van der Waals surface area contributed by atoms with Gasteiger partial charge in [0.05, 0.1) is 31.5 Å². The number of nitrogens with two attached hydrogens (primary N) is 1. The molecule has 0 bridgehead atoms. The molecule has 1 aliphatic rings. The lowest BCUT2D eigenvalue weighted by molar-refractivity contribution is -0.161. The Morgan fingerprint density at radius 3 is 1.84 bits per heavy atom. The van der Waals surface area contributed by atoms with E-state index in [0.717, 1.165) is 38.5 Å². The smallest absolute Gasteiger partial charge is 0.462 e. The minimum absolute atomic E-state index is 0.00407. The first-order valence-electron chi connectivity index (χ1n) is 22.3. The number of hydrogen-bond donors (Lipinski definition) is 5. The highest BCUT2D eigenvalue weighted by molar-refractivity contribution is 7.47. The summed E-state index contributed by atoms with van der Waals surface area (Å²) in [6.07, 6.45) is 23.0. The first-order valence-corrected chi connectivity index (χ1v) is 23.8. The topological polar surface area (TPSA) is 212 Å². The Morgan fingerprint density at radius 1 is 0.719 bits per heavy atom. The van der Waals surface area contributed by atoms with Crippen molar-refractivity contribution >= 4 is 25.5 Å². The molecule has 57 heavy (non-hydrogen) atoms. The Hall–Kier alpha value is -1.70. The first-order chi connectivity index (χ1) is 27.4. The molecule has 14 heteroatoms. The van der Waals surface area contributed by atoms with Gasteiger partial charge < -0.3 is 35.4 Å². The molecular weight excluding hydrogens is 753 g/mol. The van der Waals surface area contributed by atoms with E-state index in [1.54, 1.807) is 12.2 Å². The highest BCUT2D eigenvalue weighted by Crippen LogP contribution is 2.43. The van der Waals surface area contributed by atoms with Crippen LogP contribution in [0.5, 0.6) is 0 Å². The molecule has 0 amide bonds. The van der Waals surface area contributed by atoms with Gasteiger partial charge in [0.1, 0.15) is 12.4 Å². The summed E-state index contributed by atoms with van der Waals surface area (Å²) in [5, 5.41) is 31.3. The van der Waals surface area contributed by atoms with Crippen LogP contribution in [0, 0.1) is 11.8 Å². The Balaban J connectivity index is 2.42. The summed E-state index contributed by atoms with van der Waals surface area (Å²) in [5.74, 6) is -2.12. The van der Waals surface area contributed by atoms with E-state index in [0.29, 0.717) is 25.7 Å². The summed E-state index contributed by atoms with van der Waals surface area (Å²) in [6.45, 7) is 3.20. The number of Topliss-reactive ketones (excluding diaryl/α,β-unsaturated/α-hetero) is 1. The Morgan fingerprint density at radius 2 is 1.25 bits per heavy atom. The number of ether oxygens (including phenoxy) is 2. The number of hydrogen-bond acceptors (Lipinski definition) is 12. The first kappa shape index (κ1) is 53.3. The van der Waals surface area contributed by atoms with Crippen LogP contribution in [0.4, 0.5) is 0 Å². The van der Waals surface area contributed by atoms with E-state index in [1.807, 2.05) is 0 Å². The number of esters is 2. The zero-order valence-corrected chi connectivity index (χ0v) is 36.3. The van der Waals surface area contributed by atoms with Crippen LogP contribution in [-0.2, 0) is 37.5 Å². The summed E-state index contributed by atoms with van der Waals surface area (Å²) in [7, 11) is -4.48. The lowest BCUT2D eigenvalue weighted by Crippen LogP contribution is -2.29. The fourth-order valence-corrected chi connectivity index (χ4v) is 7.98. The van der Waals surface area contributed by atoms with Gasteiger partial charge in [-0.1, -0.05) is 135 Å². The molecule has 1 aliphatic carbocycles. The largest absolute Gasteiger partial charge is 0.472 e. The van der Waals surface area contributed by atoms with E-state index >= 15 is 0 Å². The van der Waals surface area contributed by atoms with Gasteiger partial charge in [-0.05, 0) is 25.7 Å². The minimum Gasteiger partial charge on any atom is -0.462 e. The van der Waals surface area contributed by atoms with Crippen LogP contribution in [0.1, 0.15) is 181 Å². The van der Waals surface area contributed by atoms with Crippen LogP contribution in [0.2, 0.25) is 0 Å². The van der Waals surface area contributed by atoms with Gasteiger partial charge in [-0.2, -0.15) is 0 Å². The van der Waals surface area contributed by atoms with Gasteiger partial charge in [-0.3, -0.25) is 23.4 Å². The molecule has 13 nitrogen and oxygen atoms in total. The fourth-order valence-electron chi connectivity index (χ4n) is 7.22. The third-order valence-electron chi connectivity index (χ3n) is 10.6. The Labute approximate surface area is 343 Å². The SMILES string of the molecule is CCCCCCCCCCCCCCCCCC(=O)OC[C@H](COP(=O)(O)OCCN)OC(=O)CCCCC(=O)C[C@@H]1[C@@H](/C=C/[C@@H](O)CCCCC)[C@H](O)C[C@@H]1O. The van der Waals surface area contributed by atoms with Crippen molar-refractivity contribution < 1.29 is 57.7 Å². The third kappa shape index (κ3) is 28.4. The zero-order valence-electron chi connectivity index (χ0n) is 35.4. The van der Waals surface area contributed by atoms with Gasteiger partial charge in [-0.15, -0.1) is 0 Å². The minimum atomic E-state index is -4.48. The molecule has 1 rings (SSSR count). The molecule has 6 N–H and O–H groups in total. The number of rotatable bonds is 38. The van der Waals surface area contributed by atoms with Crippen molar-refractivity contribution in [3.8, 4) is 0 Å². The van der Waals surface area contributed by atoms with Crippen LogP contribution in [-0.4, -0.2) is 88.7 Å². The van der Waals surface area contributed by atoms with E-state index in [1.165, 1.54) is 70.6 Å². The Kier molecular flexibility index (Phi) is 31.9. The second-order valence-electron chi connectivity index (χ2n) is 15.9. The number of aliphatic hydroxyl groups is 3. The van der Waals surface area contributed by atoms with Crippen LogP contribution in [0.3, 0.4) is 0 Å². The van der Waals surface area contributed by atoms with Crippen molar-refractivity contribution in [2.45, 2.75) is 205 Å². The maximum Gasteiger partial charge on any atom is 0.472 e. The summed E-state index contributed by atoms with van der Waals surface area (Å²) >= 11 is 0. The van der Waals surface area contributed by atoms with Crippen molar-refractivity contribution in [3.05, 3.63) is 12.2 Å². The molecule has 7 atom stereocenters. The monoisotopic (exact) mass is 834 g/mol. The van der Waals surface area contributed by atoms with Crippen molar-refractivity contribution in [3.63, 3.8) is 0 Å². The van der Waals surface area contributed by atoms with Crippen molar-refractivity contribution in [2.24, 2.45) is 17.6 Å². The number of aliphatic hydroxyl groups excluding tert-OH is 3. The van der Waals surface area contributed by atoms with Gasteiger partial charge >= 0.3 is 19.8 Å². The van der Waals surface area contributed by atoms with E-state index in [4.69, 9.17) is 24.3 Å². The molecule has 0 aromatic heterocycles. The lowest BCUT2D eigenvalue weighted by Gasteiger charge is -2.20. The normalized spacial score (nSPS) is 20.4. The number of phosphoric acid groups is 1. The van der Waals surface area contributed by atoms with Crippen molar-refractivity contribution in [1.29, 1.82) is 0 Å². The molecule has 1 fully saturated rings. The maximum absolute atomic E-state index is 12.8. The molecule has 0 saturated heterocycles. The molecule has 334 valence electrons. The van der Waals surface area contributed by atoms with Gasteiger partial charge in [0, 0.05) is 50.5 Å². The molecule has 0 aromatic carbocycles. The second kappa shape index (κ2) is 34.1. The molecule has 0 aliphatic heterocycles. The molecule has 0 heterocycles. The van der Waals surface area contributed by atoms with E-state index in [9.17, 15) is 39.2 Å². The van der Waals surface area contributed by atoms with E-state index in [2.05, 4.69) is 13.8 Å². The highest BCUT2D eigenvalue weighted by Gasteiger charge is 2.41. The third-order valence-corrected chi connectivity index (χ3v) is 11.6. The summed E-state index contributed by atoms with van der Waals surface area (Å²) in [5.41, 5.74) is 5.33. The molecule has 1 unspecified atom stereocenters. The molecule has 1 saturated carbocycles.